The van der Waals surface area contributed by atoms with Crippen LogP contribution in [0.15, 0.2) is 83.3 Å². The number of ether oxygens (including phenoxy) is 1. The lowest BCUT2D eigenvalue weighted by Gasteiger charge is -2.30. The number of carbonyl (C=O) groups excluding carboxylic acids is 1. The molecule has 0 atom stereocenters. The Balaban J connectivity index is 1.52. The number of para-hydroxylation sites is 1. The number of halogens is 1. The Kier molecular flexibility index (Phi) is 5.88. The Hall–Kier alpha value is -3.22. The molecule has 4 aromatic rings. The molecule has 1 aliphatic rings. The maximum atomic E-state index is 12.7. The monoisotopic (exact) mass is 487 g/mol. The van der Waals surface area contributed by atoms with E-state index in [-0.39, 0.29) is 5.91 Å². The number of morpholine rings is 1. The third kappa shape index (κ3) is 4.38. The van der Waals surface area contributed by atoms with Crippen LogP contribution < -0.4 is 10.2 Å². The van der Waals surface area contributed by atoms with Crippen LogP contribution in [0.25, 0.3) is 22.2 Å². The summed E-state index contributed by atoms with van der Waals surface area (Å²) < 4.78 is 6.49. The molecule has 5 rings (SSSR count). The Morgan fingerprint density at radius 3 is 2.53 bits per heavy atom. The third-order valence-corrected chi connectivity index (χ3v) is 6.08. The maximum absolute atomic E-state index is 12.7. The fourth-order valence-electron chi connectivity index (χ4n) is 3.91. The van der Waals surface area contributed by atoms with Gasteiger partial charge in [-0.15, -0.1) is 0 Å². The van der Waals surface area contributed by atoms with Crippen molar-refractivity contribution in [2.75, 3.05) is 36.5 Å². The number of nitrogens with zero attached hydrogens (tertiary/aromatic N) is 2. The average Bonchev–Trinajstić information content (AvgIpc) is 2.84. The fourth-order valence-corrected chi connectivity index (χ4v) is 4.18. The number of pyridine rings is 1. The van der Waals surface area contributed by atoms with Gasteiger partial charge in [-0.2, -0.15) is 0 Å². The Morgan fingerprint density at radius 1 is 0.938 bits per heavy atom. The van der Waals surface area contributed by atoms with Crippen molar-refractivity contribution >= 4 is 44.1 Å². The number of nitrogens with one attached hydrogen (secondary N) is 1. The second-order valence-electron chi connectivity index (χ2n) is 7.69. The minimum atomic E-state index is -0.144. The number of hydrogen-bond acceptors (Lipinski definition) is 4. The Morgan fingerprint density at radius 2 is 1.72 bits per heavy atom. The van der Waals surface area contributed by atoms with Gasteiger partial charge in [0.25, 0.3) is 5.91 Å². The second-order valence-corrected chi connectivity index (χ2v) is 8.61. The van der Waals surface area contributed by atoms with Crippen LogP contribution in [0.5, 0.6) is 0 Å². The minimum Gasteiger partial charge on any atom is -0.378 e. The highest BCUT2D eigenvalue weighted by molar-refractivity contribution is 9.10. The SMILES string of the molecule is O=C(Nc1cccc(-c2nc3ccccc3cc2N2CCOCC2)c1)c1ccc(Br)cc1. The quantitative estimate of drug-likeness (QED) is 0.397. The van der Waals surface area contributed by atoms with Gasteiger partial charge in [0, 0.05) is 39.8 Å². The fraction of sp³-hybridized carbons (Fsp3) is 0.154. The Labute approximate surface area is 195 Å². The van der Waals surface area contributed by atoms with Gasteiger partial charge in [-0.1, -0.05) is 46.3 Å². The molecule has 0 aliphatic carbocycles. The first kappa shape index (κ1) is 20.7. The first-order chi connectivity index (χ1) is 15.7. The largest absolute Gasteiger partial charge is 0.378 e. The molecular weight excluding hydrogens is 466 g/mol. The summed E-state index contributed by atoms with van der Waals surface area (Å²) in [7, 11) is 0. The molecule has 1 N–H and O–H groups in total. The van der Waals surface area contributed by atoms with Crippen molar-refractivity contribution in [3.63, 3.8) is 0 Å². The second kappa shape index (κ2) is 9.10. The molecule has 1 saturated heterocycles. The van der Waals surface area contributed by atoms with Crippen LogP contribution in [0.2, 0.25) is 0 Å². The van der Waals surface area contributed by atoms with E-state index >= 15 is 0 Å². The van der Waals surface area contributed by atoms with E-state index < -0.39 is 0 Å². The van der Waals surface area contributed by atoms with E-state index in [1.165, 1.54) is 0 Å². The minimum absolute atomic E-state index is 0.144. The summed E-state index contributed by atoms with van der Waals surface area (Å²) in [5.41, 5.74) is 5.25. The molecule has 1 aromatic heterocycles. The van der Waals surface area contributed by atoms with Crippen LogP contribution in [-0.2, 0) is 4.74 Å². The van der Waals surface area contributed by atoms with Crippen molar-refractivity contribution < 1.29 is 9.53 Å². The van der Waals surface area contributed by atoms with E-state index in [9.17, 15) is 4.79 Å². The third-order valence-electron chi connectivity index (χ3n) is 5.56. The zero-order valence-corrected chi connectivity index (χ0v) is 19.0. The number of carbonyl (C=O) groups is 1. The van der Waals surface area contributed by atoms with E-state index in [1.54, 1.807) is 12.1 Å². The summed E-state index contributed by atoms with van der Waals surface area (Å²) in [5, 5.41) is 4.12. The molecule has 1 amide bonds. The van der Waals surface area contributed by atoms with Crippen molar-refractivity contribution in [2.45, 2.75) is 0 Å². The predicted molar refractivity (Wildman–Crippen MR) is 132 cm³/mol. The van der Waals surface area contributed by atoms with Crippen LogP contribution in [-0.4, -0.2) is 37.2 Å². The van der Waals surface area contributed by atoms with Gasteiger partial charge in [0.1, 0.15) is 0 Å². The highest BCUT2D eigenvalue weighted by atomic mass is 79.9. The summed E-state index contributed by atoms with van der Waals surface area (Å²) in [6.07, 6.45) is 0. The normalized spacial score (nSPS) is 13.8. The van der Waals surface area contributed by atoms with Gasteiger partial charge in [-0.25, -0.2) is 4.98 Å². The van der Waals surface area contributed by atoms with Crippen molar-refractivity contribution in [1.82, 2.24) is 4.98 Å². The zero-order valence-electron chi connectivity index (χ0n) is 17.4. The van der Waals surface area contributed by atoms with Gasteiger partial charge >= 0.3 is 0 Å². The predicted octanol–water partition coefficient (Wildman–Crippen LogP) is 5.75. The molecule has 0 unspecified atom stereocenters. The summed E-state index contributed by atoms with van der Waals surface area (Å²) in [5.74, 6) is -0.144. The van der Waals surface area contributed by atoms with Crippen molar-refractivity contribution in [3.05, 3.63) is 88.9 Å². The molecule has 3 aromatic carbocycles. The topological polar surface area (TPSA) is 54.5 Å². The van der Waals surface area contributed by atoms with E-state index in [0.29, 0.717) is 18.8 Å². The molecule has 6 heteroatoms. The van der Waals surface area contributed by atoms with Crippen molar-refractivity contribution in [1.29, 1.82) is 0 Å². The number of fused-ring (bicyclic) bond motifs is 1. The average molecular weight is 488 g/mol. The number of rotatable bonds is 4. The van der Waals surface area contributed by atoms with Crippen molar-refractivity contribution in [3.8, 4) is 11.3 Å². The van der Waals surface area contributed by atoms with Crippen molar-refractivity contribution in [2.24, 2.45) is 0 Å². The molecular formula is C26H22BrN3O2. The molecule has 32 heavy (non-hydrogen) atoms. The standard InChI is InChI=1S/C26H22BrN3O2/c27-21-10-8-18(9-11-21)26(31)28-22-6-3-5-20(16-22)25-24(30-12-14-32-15-13-30)17-19-4-1-2-7-23(19)29-25/h1-11,16-17H,12-15H2,(H,28,31). The number of anilines is 2. The maximum Gasteiger partial charge on any atom is 0.255 e. The van der Waals surface area contributed by atoms with Crippen LogP contribution in [0.3, 0.4) is 0 Å². The van der Waals surface area contributed by atoms with Crippen LogP contribution >= 0.6 is 15.9 Å². The number of aromatic nitrogens is 1. The summed E-state index contributed by atoms with van der Waals surface area (Å²) in [6, 6.07) is 25.5. The highest BCUT2D eigenvalue weighted by Gasteiger charge is 2.18. The van der Waals surface area contributed by atoms with Crippen LogP contribution in [0, 0.1) is 0 Å². The summed E-state index contributed by atoms with van der Waals surface area (Å²) >= 11 is 3.40. The number of hydrogen-bond donors (Lipinski definition) is 1. The number of amides is 1. The van der Waals surface area contributed by atoms with E-state index in [1.807, 2.05) is 54.6 Å². The van der Waals surface area contributed by atoms with Gasteiger partial charge in [0.15, 0.2) is 0 Å². The molecule has 1 fully saturated rings. The molecule has 160 valence electrons. The number of benzene rings is 3. The molecule has 0 spiro atoms. The first-order valence-corrected chi connectivity index (χ1v) is 11.4. The molecule has 0 bridgehead atoms. The Bertz CT molecular complexity index is 1270. The van der Waals surface area contributed by atoms with Gasteiger partial charge < -0.3 is 15.0 Å². The first-order valence-electron chi connectivity index (χ1n) is 10.6. The summed E-state index contributed by atoms with van der Waals surface area (Å²) in [4.78, 5) is 20.0. The van der Waals surface area contributed by atoms with Gasteiger partial charge in [-0.3, -0.25) is 4.79 Å². The molecule has 2 heterocycles. The summed E-state index contributed by atoms with van der Waals surface area (Å²) in [6.45, 7) is 3.06. The lowest BCUT2D eigenvalue weighted by atomic mass is 10.0. The molecule has 5 nitrogen and oxygen atoms in total. The lowest BCUT2D eigenvalue weighted by Crippen LogP contribution is -2.36. The van der Waals surface area contributed by atoms with E-state index in [0.717, 1.165) is 51.1 Å². The van der Waals surface area contributed by atoms with Crippen LogP contribution in [0.4, 0.5) is 11.4 Å². The smallest absolute Gasteiger partial charge is 0.255 e. The van der Waals surface area contributed by atoms with E-state index in [4.69, 9.17) is 9.72 Å². The van der Waals surface area contributed by atoms with Gasteiger partial charge in [-0.05, 0) is 48.5 Å². The van der Waals surface area contributed by atoms with Gasteiger partial charge in [0.05, 0.1) is 30.1 Å². The van der Waals surface area contributed by atoms with Gasteiger partial charge in [0.2, 0.25) is 0 Å². The van der Waals surface area contributed by atoms with Crippen LogP contribution in [0.1, 0.15) is 10.4 Å². The van der Waals surface area contributed by atoms with E-state index in [2.05, 4.69) is 38.3 Å². The molecule has 1 aliphatic heterocycles. The zero-order chi connectivity index (χ0) is 21.9. The molecule has 0 radical (unpaired) electrons. The molecule has 0 saturated carbocycles. The highest BCUT2D eigenvalue weighted by Crippen LogP contribution is 2.34. The lowest BCUT2D eigenvalue weighted by molar-refractivity contribution is 0.102.